The molecule has 0 saturated heterocycles. The van der Waals surface area contributed by atoms with Crippen LogP contribution in [0.2, 0.25) is 0 Å². The van der Waals surface area contributed by atoms with Crippen LogP contribution in [0.3, 0.4) is 0 Å². The van der Waals surface area contributed by atoms with Crippen molar-refractivity contribution < 1.29 is 4.79 Å². The van der Waals surface area contributed by atoms with Crippen LogP contribution in [0, 0.1) is 0 Å². The summed E-state index contributed by atoms with van der Waals surface area (Å²) in [5.74, 6) is 0.0206. The molecule has 0 aliphatic rings. The summed E-state index contributed by atoms with van der Waals surface area (Å²) in [6.45, 7) is 0.610. The summed E-state index contributed by atoms with van der Waals surface area (Å²) >= 11 is 5.06. The van der Waals surface area contributed by atoms with Crippen LogP contribution in [0.25, 0.3) is 0 Å². The van der Waals surface area contributed by atoms with Crippen LogP contribution in [0.4, 0.5) is 5.69 Å². The highest BCUT2D eigenvalue weighted by atomic mass is 79.9. The lowest BCUT2D eigenvalue weighted by molar-refractivity contribution is 0.0786. The summed E-state index contributed by atoms with van der Waals surface area (Å²) in [6, 6.07) is 9.58. The summed E-state index contributed by atoms with van der Waals surface area (Å²) in [4.78, 5) is 14.1. The first kappa shape index (κ1) is 14.1. The molecule has 0 fully saturated rings. The van der Waals surface area contributed by atoms with Crippen LogP contribution in [0.5, 0.6) is 0 Å². The fourth-order valence-corrected chi connectivity index (χ4v) is 3.07. The Labute approximate surface area is 125 Å². The molecule has 0 spiro atoms. The van der Waals surface area contributed by atoms with Crippen molar-refractivity contribution in [3.63, 3.8) is 0 Å². The highest BCUT2D eigenvalue weighted by Gasteiger charge is 2.15. The maximum atomic E-state index is 12.4. The van der Waals surface area contributed by atoms with Crippen molar-refractivity contribution in [3.05, 3.63) is 50.6 Å². The predicted octanol–water partition coefficient (Wildman–Crippen LogP) is 3.82. The third-order valence-corrected chi connectivity index (χ3v) is 4.37. The molecular formula is C14H15BrN2OS. The van der Waals surface area contributed by atoms with Crippen molar-refractivity contribution in [2.24, 2.45) is 0 Å². The Morgan fingerprint density at radius 1 is 1.42 bits per heavy atom. The molecule has 0 unspecified atom stereocenters. The predicted molar refractivity (Wildman–Crippen MR) is 83.8 cm³/mol. The van der Waals surface area contributed by atoms with Crippen molar-refractivity contribution in [3.8, 4) is 0 Å². The molecule has 1 aromatic heterocycles. The first-order valence-corrected chi connectivity index (χ1v) is 7.54. The van der Waals surface area contributed by atoms with Crippen LogP contribution < -0.4 is 5.32 Å². The Hall–Kier alpha value is -1.33. The molecule has 1 heterocycles. The van der Waals surface area contributed by atoms with Crippen LogP contribution in [0.15, 0.2) is 39.5 Å². The molecule has 0 aliphatic carbocycles. The smallest absolute Gasteiger partial charge is 0.255 e. The van der Waals surface area contributed by atoms with E-state index in [4.69, 9.17) is 0 Å². The molecule has 1 aromatic carbocycles. The van der Waals surface area contributed by atoms with Crippen molar-refractivity contribution in [2.75, 3.05) is 19.4 Å². The minimum atomic E-state index is 0.0206. The zero-order valence-electron chi connectivity index (χ0n) is 10.8. The number of para-hydroxylation sites is 1. The summed E-state index contributed by atoms with van der Waals surface area (Å²) in [5, 5.41) is 5.10. The molecule has 1 N–H and O–H groups in total. The number of carbonyl (C=O) groups is 1. The van der Waals surface area contributed by atoms with E-state index in [0.29, 0.717) is 12.1 Å². The monoisotopic (exact) mass is 338 g/mol. The second kappa shape index (κ2) is 6.21. The second-order valence-corrected chi connectivity index (χ2v) is 6.51. The van der Waals surface area contributed by atoms with E-state index in [2.05, 4.69) is 26.6 Å². The van der Waals surface area contributed by atoms with Crippen molar-refractivity contribution >= 4 is 38.9 Å². The third kappa shape index (κ3) is 3.36. The fraction of sp³-hybridized carbons (Fsp3) is 0.214. The Kier molecular flexibility index (Phi) is 4.61. The van der Waals surface area contributed by atoms with Gasteiger partial charge in [0.2, 0.25) is 0 Å². The van der Waals surface area contributed by atoms with E-state index in [1.165, 1.54) is 0 Å². The SMILES string of the molecule is CNc1ccccc1C(=O)N(C)Cc1csc(Br)c1. The number of anilines is 1. The highest BCUT2D eigenvalue weighted by Crippen LogP contribution is 2.22. The zero-order valence-corrected chi connectivity index (χ0v) is 13.2. The summed E-state index contributed by atoms with van der Waals surface area (Å²) < 4.78 is 1.08. The van der Waals surface area contributed by atoms with Gasteiger partial charge in [-0.25, -0.2) is 0 Å². The van der Waals surface area contributed by atoms with E-state index < -0.39 is 0 Å². The molecule has 100 valence electrons. The minimum absolute atomic E-state index is 0.0206. The average Bonchev–Trinajstić information content (AvgIpc) is 2.83. The van der Waals surface area contributed by atoms with Crippen LogP contribution in [-0.4, -0.2) is 24.9 Å². The van der Waals surface area contributed by atoms with Gasteiger partial charge >= 0.3 is 0 Å². The van der Waals surface area contributed by atoms with Gasteiger partial charge in [-0.2, -0.15) is 0 Å². The van der Waals surface area contributed by atoms with Gasteiger partial charge in [-0.1, -0.05) is 12.1 Å². The van der Waals surface area contributed by atoms with Gasteiger partial charge in [0.05, 0.1) is 9.35 Å². The molecule has 0 atom stereocenters. The van der Waals surface area contributed by atoms with E-state index in [1.807, 2.05) is 44.4 Å². The molecule has 2 rings (SSSR count). The van der Waals surface area contributed by atoms with Crippen LogP contribution in [0.1, 0.15) is 15.9 Å². The number of rotatable bonds is 4. The van der Waals surface area contributed by atoms with E-state index in [9.17, 15) is 4.79 Å². The molecule has 2 aromatic rings. The van der Waals surface area contributed by atoms with E-state index in [1.54, 1.807) is 16.2 Å². The Bertz CT molecular complexity index is 582. The third-order valence-electron chi connectivity index (χ3n) is 2.82. The molecule has 0 aliphatic heterocycles. The highest BCUT2D eigenvalue weighted by molar-refractivity contribution is 9.11. The molecule has 3 nitrogen and oxygen atoms in total. The Morgan fingerprint density at radius 2 is 2.16 bits per heavy atom. The van der Waals surface area contributed by atoms with Gasteiger partial charge in [-0.15, -0.1) is 11.3 Å². The quantitative estimate of drug-likeness (QED) is 0.918. The fourth-order valence-electron chi connectivity index (χ4n) is 1.87. The standard InChI is InChI=1S/C14H15BrN2OS/c1-16-12-6-4-3-5-11(12)14(18)17(2)8-10-7-13(15)19-9-10/h3-7,9,16H,8H2,1-2H3. The number of nitrogens with zero attached hydrogens (tertiary/aromatic N) is 1. The molecule has 1 amide bonds. The first-order valence-electron chi connectivity index (χ1n) is 5.87. The van der Waals surface area contributed by atoms with E-state index in [0.717, 1.165) is 15.0 Å². The largest absolute Gasteiger partial charge is 0.387 e. The normalized spacial score (nSPS) is 10.3. The van der Waals surface area contributed by atoms with Gasteiger partial charge in [-0.05, 0) is 45.1 Å². The van der Waals surface area contributed by atoms with E-state index >= 15 is 0 Å². The first-order chi connectivity index (χ1) is 9.11. The minimum Gasteiger partial charge on any atom is -0.387 e. The second-order valence-electron chi connectivity index (χ2n) is 4.22. The van der Waals surface area contributed by atoms with Crippen LogP contribution in [-0.2, 0) is 6.54 Å². The van der Waals surface area contributed by atoms with Gasteiger partial charge in [0.25, 0.3) is 5.91 Å². The molecule has 5 heteroatoms. The average molecular weight is 339 g/mol. The Morgan fingerprint density at radius 3 is 2.79 bits per heavy atom. The molecule has 0 bridgehead atoms. The van der Waals surface area contributed by atoms with Crippen LogP contribution >= 0.6 is 27.3 Å². The van der Waals surface area contributed by atoms with Crippen molar-refractivity contribution in [1.29, 1.82) is 0 Å². The number of nitrogens with one attached hydrogen (secondary N) is 1. The molecule has 0 radical (unpaired) electrons. The van der Waals surface area contributed by atoms with Gasteiger partial charge in [0, 0.05) is 26.3 Å². The molecule has 19 heavy (non-hydrogen) atoms. The zero-order chi connectivity index (χ0) is 13.8. The molecule has 0 saturated carbocycles. The number of carbonyl (C=O) groups excluding carboxylic acids is 1. The maximum absolute atomic E-state index is 12.4. The lowest BCUT2D eigenvalue weighted by Crippen LogP contribution is -2.26. The Balaban J connectivity index is 2.14. The maximum Gasteiger partial charge on any atom is 0.255 e. The van der Waals surface area contributed by atoms with Crippen molar-refractivity contribution in [2.45, 2.75) is 6.54 Å². The van der Waals surface area contributed by atoms with Gasteiger partial charge in [-0.3, -0.25) is 4.79 Å². The van der Waals surface area contributed by atoms with Crippen molar-refractivity contribution in [1.82, 2.24) is 4.90 Å². The number of thiophene rings is 1. The number of halogens is 1. The van der Waals surface area contributed by atoms with E-state index in [-0.39, 0.29) is 5.91 Å². The van der Waals surface area contributed by atoms with Gasteiger partial charge in [0.1, 0.15) is 0 Å². The topological polar surface area (TPSA) is 32.3 Å². The number of hydrogen-bond acceptors (Lipinski definition) is 3. The number of benzene rings is 1. The number of hydrogen-bond donors (Lipinski definition) is 1. The molecular weight excluding hydrogens is 324 g/mol. The van der Waals surface area contributed by atoms with Gasteiger partial charge in [0.15, 0.2) is 0 Å². The van der Waals surface area contributed by atoms with Gasteiger partial charge < -0.3 is 10.2 Å². The lowest BCUT2D eigenvalue weighted by atomic mass is 10.1. The summed E-state index contributed by atoms with van der Waals surface area (Å²) in [6.07, 6.45) is 0. The lowest BCUT2D eigenvalue weighted by Gasteiger charge is -2.18. The number of amides is 1. The summed E-state index contributed by atoms with van der Waals surface area (Å²) in [7, 11) is 3.64. The summed E-state index contributed by atoms with van der Waals surface area (Å²) in [5.41, 5.74) is 2.68.